The standard InChI is InChI=1S/C66H48N2O2/c1-5-13-49(14-6-1)53-21-29-57(30-22-53)67(58-31-23-54(24-32-58)50-15-7-2-8-16-50)61-37-41-63(42-38-61)69-65-45-47-66(48-46-65)70-64-43-39-62(40-44-64)68(59-33-25-55(26-34-59)51-17-9-3-10-18-51)60-35-27-56(28-36-60)52-19-11-4-12-20-52/h1-48H/i1T,3T. The minimum atomic E-state index is 0.496. The summed E-state index contributed by atoms with van der Waals surface area (Å²) in [5.74, 6) is 2.82. The summed E-state index contributed by atoms with van der Waals surface area (Å²) in [6.45, 7) is 0. The molecule has 0 radical (unpaired) electrons. The molecule has 11 aromatic carbocycles. The van der Waals surface area contributed by atoms with Crippen LogP contribution in [0.2, 0.25) is 0 Å². The quantitative estimate of drug-likeness (QED) is 0.109. The molecule has 0 aliphatic heterocycles. The molecular formula is C66H48N2O2. The Labute approximate surface area is 413 Å². The fraction of sp³-hybridized carbons (Fsp3) is 0. The molecule has 334 valence electrons. The number of hydrogen-bond donors (Lipinski definition) is 0. The van der Waals surface area contributed by atoms with E-state index < -0.39 is 0 Å². The zero-order valence-electron chi connectivity index (χ0n) is 40.3. The van der Waals surface area contributed by atoms with Crippen molar-refractivity contribution in [3.63, 3.8) is 0 Å². The lowest BCUT2D eigenvalue weighted by molar-refractivity contribution is 0.469. The number of ether oxygens (including phenoxy) is 2. The van der Waals surface area contributed by atoms with Gasteiger partial charge < -0.3 is 19.3 Å². The molecule has 0 atom stereocenters. The Balaban J connectivity index is 0.793. The van der Waals surface area contributed by atoms with Crippen molar-refractivity contribution in [3.8, 4) is 67.5 Å². The van der Waals surface area contributed by atoms with Gasteiger partial charge in [-0.2, -0.15) is 0 Å². The summed E-state index contributed by atoms with van der Waals surface area (Å²) in [6, 6.07) is 95.4. The molecule has 0 unspecified atom stereocenters. The highest BCUT2D eigenvalue weighted by Gasteiger charge is 2.16. The van der Waals surface area contributed by atoms with Crippen molar-refractivity contribution in [1.29, 1.82) is 0 Å². The molecule has 0 aliphatic carbocycles. The Morgan fingerprint density at radius 2 is 0.386 bits per heavy atom. The second-order valence-electron chi connectivity index (χ2n) is 16.8. The third kappa shape index (κ3) is 9.84. The van der Waals surface area contributed by atoms with Crippen LogP contribution in [0.15, 0.2) is 291 Å². The fourth-order valence-electron chi connectivity index (χ4n) is 8.70. The third-order valence-electron chi connectivity index (χ3n) is 12.3. The van der Waals surface area contributed by atoms with Crippen molar-refractivity contribution in [3.05, 3.63) is 291 Å². The number of hydrogen-bond acceptors (Lipinski definition) is 4. The summed E-state index contributed by atoms with van der Waals surface area (Å²) in [4.78, 5) is 4.49. The molecule has 0 bridgehead atoms. The highest BCUT2D eigenvalue weighted by molar-refractivity contribution is 5.82. The van der Waals surface area contributed by atoms with Crippen molar-refractivity contribution in [2.75, 3.05) is 9.80 Å². The van der Waals surface area contributed by atoms with Gasteiger partial charge in [0.05, 0.1) is 2.74 Å². The first-order valence-electron chi connectivity index (χ1n) is 24.4. The van der Waals surface area contributed by atoms with Gasteiger partial charge in [-0.15, -0.1) is 0 Å². The zero-order valence-corrected chi connectivity index (χ0v) is 38.3. The largest absolute Gasteiger partial charge is 0.457 e. The Morgan fingerprint density at radius 3 is 0.629 bits per heavy atom. The first kappa shape index (κ1) is 40.9. The third-order valence-corrected chi connectivity index (χ3v) is 12.3. The predicted molar refractivity (Wildman–Crippen MR) is 291 cm³/mol. The van der Waals surface area contributed by atoms with Crippen LogP contribution in [0.3, 0.4) is 0 Å². The number of benzene rings is 11. The van der Waals surface area contributed by atoms with Crippen LogP contribution in [0.25, 0.3) is 44.5 Å². The number of rotatable bonds is 14. The minimum absolute atomic E-state index is 0.496. The second-order valence-corrected chi connectivity index (χ2v) is 16.8. The van der Waals surface area contributed by atoms with Crippen LogP contribution in [0, 0.1) is 0 Å². The maximum absolute atomic E-state index is 7.90. The lowest BCUT2D eigenvalue weighted by atomic mass is 10.0. The van der Waals surface area contributed by atoms with E-state index in [0.29, 0.717) is 35.1 Å². The molecule has 70 heavy (non-hydrogen) atoms. The molecule has 0 aromatic heterocycles. The van der Waals surface area contributed by atoms with Gasteiger partial charge in [0.25, 0.3) is 0 Å². The van der Waals surface area contributed by atoms with Crippen molar-refractivity contribution in [2.24, 2.45) is 0 Å². The molecule has 0 aliphatic rings. The van der Waals surface area contributed by atoms with Gasteiger partial charge in [-0.25, -0.2) is 0 Å². The minimum Gasteiger partial charge on any atom is -0.457 e. The lowest BCUT2D eigenvalue weighted by Crippen LogP contribution is -2.09. The lowest BCUT2D eigenvalue weighted by Gasteiger charge is -2.26. The molecule has 0 spiro atoms. The molecule has 0 saturated heterocycles. The first-order chi connectivity index (χ1) is 35.5. The Kier molecular flexibility index (Phi) is 11.8. The van der Waals surface area contributed by atoms with Gasteiger partial charge >= 0.3 is 0 Å². The SMILES string of the molecule is [3H]c1ccc(-c2ccc(N(c3ccc(Oc4ccc(Oc5ccc(N(c6ccc(-c7ccccc7)cc6)c6ccc(-c7ccc([3H])cc7)cc6)cc5)cc4)cc3)c3ccc(-c4ccccc4)cc3)cc2)cc1. The fourth-order valence-corrected chi connectivity index (χ4v) is 8.70. The van der Waals surface area contributed by atoms with E-state index in [9.17, 15) is 0 Å². The van der Waals surface area contributed by atoms with E-state index >= 15 is 0 Å². The van der Waals surface area contributed by atoms with Crippen LogP contribution >= 0.6 is 0 Å². The molecule has 0 heterocycles. The van der Waals surface area contributed by atoms with Crippen molar-refractivity contribution in [2.45, 2.75) is 0 Å². The van der Waals surface area contributed by atoms with E-state index in [-0.39, 0.29) is 0 Å². The zero-order chi connectivity index (χ0) is 48.6. The predicted octanol–water partition coefficient (Wildman–Crippen LogP) is 18.9. The summed E-state index contributed by atoms with van der Waals surface area (Å²) in [5.41, 5.74) is 15.1. The monoisotopic (exact) mass is 904 g/mol. The molecule has 0 fully saturated rings. The first-order valence-corrected chi connectivity index (χ1v) is 23.4. The molecule has 0 amide bonds. The summed E-state index contributed by atoms with van der Waals surface area (Å²) < 4.78 is 28.5. The van der Waals surface area contributed by atoms with E-state index in [2.05, 4.69) is 180 Å². The van der Waals surface area contributed by atoms with Crippen LogP contribution in [0.1, 0.15) is 2.74 Å². The van der Waals surface area contributed by atoms with Gasteiger partial charge in [0.2, 0.25) is 0 Å². The molecule has 0 saturated carbocycles. The van der Waals surface area contributed by atoms with Gasteiger partial charge in [-0.05, 0) is 166 Å². The van der Waals surface area contributed by atoms with Crippen LogP contribution in [0.5, 0.6) is 23.0 Å². The van der Waals surface area contributed by atoms with Crippen LogP contribution in [-0.4, -0.2) is 0 Å². The number of nitrogens with zero attached hydrogens (tertiary/aromatic N) is 2. The average Bonchev–Trinajstić information content (AvgIpc) is 3.44. The summed E-state index contributed by atoms with van der Waals surface area (Å²) in [6.07, 6.45) is 0. The van der Waals surface area contributed by atoms with Crippen LogP contribution in [-0.2, 0) is 0 Å². The van der Waals surface area contributed by atoms with Crippen molar-refractivity contribution >= 4 is 34.1 Å². The Hall–Kier alpha value is -9.38. The van der Waals surface area contributed by atoms with Crippen LogP contribution in [0.4, 0.5) is 34.1 Å². The van der Waals surface area contributed by atoms with Gasteiger partial charge in [0, 0.05) is 34.1 Å². The topological polar surface area (TPSA) is 24.9 Å². The van der Waals surface area contributed by atoms with Crippen molar-refractivity contribution < 1.29 is 12.2 Å². The highest BCUT2D eigenvalue weighted by atomic mass is 16.5. The van der Waals surface area contributed by atoms with Gasteiger partial charge in [-0.3, -0.25) is 0 Å². The maximum atomic E-state index is 7.90. The van der Waals surface area contributed by atoms with Crippen LogP contribution < -0.4 is 19.3 Å². The molecular weight excluding hydrogens is 853 g/mol. The summed E-state index contributed by atoms with van der Waals surface area (Å²) in [5, 5.41) is 0. The summed E-state index contributed by atoms with van der Waals surface area (Å²) >= 11 is 0. The van der Waals surface area contributed by atoms with E-state index in [4.69, 9.17) is 12.2 Å². The molecule has 0 N–H and O–H groups in total. The van der Waals surface area contributed by atoms with E-state index in [1.54, 1.807) is 0 Å². The normalized spacial score (nSPS) is 11.3. The van der Waals surface area contributed by atoms with Gasteiger partial charge in [0.1, 0.15) is 23.0 Å². The molecule has 4 nitrogen and oxygen atoms in total. The molecule has 11 rings (SSSR count). The second kappa shape index (κ2) is 20.2. The molecule has 11 aromatic rings. The van der Waals surface area contributed by atoms with Gasteiger partial charge in [-0.1, -0.05) is 170 Å². The van der Waals surface area contributed by atoms with E-state index in [1.807, 2.05) is 109 Å². The van der Waals surface area contributed by atoms with E-state index in [0.717, 1.165) is 67.5 Å². The highest BCUT2D eigenvalue weighted by Crippen LogP contribution is 2.40. The summed E-state index contributed by atoms with van der Waals surface area (Å²) in [7, 11) is 0. The Bertz CT molecular complexity index is 3260. The smallest absolute Gasteiger partial charge is 0.127 e. The molecule has 4 heteroatoms. The Morgan fingerprint density at radius 1 is 0.200 bits per heavy atom. The van der Waals surface area contributed by atoms with E-state index in [1.165, 1.54) is 11.1 Å². The number of anilines is 6. The van der Waals surface area contributed by atoms with Gasteiger partial charge in [0.15, 0.2) is 0 Å². The maximum Gasteiger partial charge on any atom is 0.127 e. The van der Waals surface area contributed by atoms with Crippen molar-refractivity contribution in [1.82, 2.24) is 0 Å². The average molecular weight is 905 g/mol.